The van der Waals surface area contributed by atoms with Crippen LogP contribution in [-0.4, -0.2) is 12.1 Å². The van der Waals surface area contributed by atoms with Crippen LogP contribution >= 0.6 is 0 Å². The lowest BCUT2D eigenvalue weighted by Crippen LogP contribution is -2.15. The Kier molecular flexibility index (Phi) is 3.53. The van der Waals surface area contributed by atoms with E-state index in [9.17, 15) is 8.78 Å². The van der Waals surface area contributed by atoms with Crippen LogP contribution in [0.2, 0.25) is 0 Å². The summed E-state index contributed by atoms with van der Waals surface area (Å²) in [5.74, 6) is -1.33. The predicted molar refractivity (Wildman–Crippen MR) is 63.2 cm³/mol. The van der Waals surface area contributed by atoms with Crippen LogP contribution in [0.4, 0.5) is 8.78 Å². The number of halogens is 2. The Morgan fingerprint density at radius 1 is 1.22 bits per heavy atom. The van der Waals surface area contributed by atoms with E-state index in [-0.39, 0.29) is 0 Å². The van der Waals surface area contributed by atoms with Gasteiger partial charge in [0.25, 0.3) is 0 Å². The summed E-state index contributed by atoms with van der Waals surface area (Å²) in [5, 5.41) is 0. The molecule has 5 heteroatoms. The van der Waals surface area contributed by atoms with Crippen LogP contribution in [0.15, 0.2) is 36.5 Å². The number of hydrogen-bond acceptors (Lipinski definition) is 3. The van der Waals surface area contributed by atoms with Crippen molar-refractivity contribution >= 4 is 0 Å². The molecule has 0 saturated heterocycles. The molecule has 0 spiro atoms. The molecular formula is C13H12F2N2O. The molecule has 0 bridgehead atoms. The van der Waals surface area contributed by atoms with E-state index in [4.69, 9.17) is 10.5 Å². The summed E-state index contributed by atoms with van der Waals surface area (Å²) in [6, 6.07) is 6.28. The molecule has 0 fully saturated rings. The molecule has 2 rings (SSSR count). The summed E-state index contributed by atoms with van der Waals surface area (Å²) in [7, 11) is 1.50. The summed E-state index contributed by atoms with van der Waals surface area (Å²) < 4.78 is 31.1. The average Bonchev–Trinajstić information content (AvgIpc) is 2.41. The first-order valence-electron chi connectivity index (χ1n) is 5.33. The highest BCUT2D eigenvalue weighted by Crippen LogP contribution is 2.26. The highest BCUT2D eigenvalue weighted by Gasteiger charge is 2.16. The van der Waals surface area contributed by atoms with Crippen LogP contribution in [0, 0.1) is 11.6 Å². The van der Waals surface area contributed by atoms with E-state index >= 15 is 0 Å². The van der Waals surface area contributed by atoms with Gasteiger partial charge in [0, 0.05) is 6.20 Å². The van der Waals surface area contributed by atoms with Crippen molar-refractivity contribution < 1.29 is 13.5 Å². The van der Waals surface area contributed by atoms with Gasteiger partial charge in [-0.25, -0.2) is 8.78 Å². The number of aromatic nitrogens is 1. The minimum atomic E-state index is -0.933. The molecule has 0 aliphatic heterocycles. The summed E-state index contributed by atoms with van der Waals surface area (Å²) >= 11 is 0. The fourth-order valence-electron chi connectivity index (χ4n) is 1.67. The van der Waals surface area contributed by atoms with Gasteiger partial charge >= 0.3 is 0 Å². The van der Waals surface area contributed by atoms with Crippen molar-refractivity contribution in [3.05, 3.63) is 59.4 Å². The van der Waals surface area contributed by atoms with Gasteiger partial charge in [0.05, 0.1) is 13.2 Å². The Labute approximate surface area is 103 Å². The monoisotopic (exact) mass is 250 g/mol. The minimum Gasteiger partial charge on any atom is -0.495 e. The van der Waals surface area contributed by atoms with Crippen LogP contribution in [0.3, 0.4) is 0 Å². The van der Waals surface area contributed by atoms with Gasteiger partial charge in [-0.15, -0.1) is 0 Å². The summed E-state index contributed by atoms with van der Waals surface area (Å²) in [6.07, 6.45) is 1.57. The topological polar surface area (TPSA) is 48.1 Å². The minimum absolute atomic E-state index is 0.436. The van der Waals surface area contributed by atoms with Gasteiger partial charge in [-0.05, 0) is 29.8 Å². The van der Waals surface area contributed by atoms with E-state index < -0.39 is 17.7 Å². The van der Waals surface area contributed by atoms with Crippen molar-refractivity contribution in [1.29, 1.82) is 0 Å². The van der Waals surface area contributed by atoms with Gasteiger partial charge < -0.3 is 10.5 Å². The maximum Gasteiger partial charge on any atom is 0.159 e. The van der Waals surface area contributed by atoms with E-state index in [1.807, 2.05) is 0 Å². The Morgan fingerprint density at radius 3 is 2.67 bits per heavy atom. The molecule has 1 aromatic carbocycles. The molecular weight excluding hydrogens is 238 g/mol. The molecule has 3 nitrogen and oxygen atoms in total. The van der Waals surface area contributed by atoms with Crippen LogP contribution in [0.25, 0.3) is 0 Å². The highest BCUT2D eigenvalue weighted by atomic mass is 19.2. The first-order chi connectivity index (χ1) is 8.63. The molecule has 94 valence electrons. The molecule has 1 unspecified atom stereocenters. The second kappa shape index (κ2) is 5.10. The molecule has 1 heterocycles. The molecule has 2 aromatic rings. The van der Waals surface area contributed by atoms with E-state index in [0.29, 0.717) is 17.0 Å². The Bertz CT molecular complexity index is 560. The highest BCUT2D eigenvalue weighted by molar-refractivity contribution is 5.36. The lowest BCUT2D eigenvalue weighted by molar-refractivity contribution is 0.404. The number of ether oxygens (including phenoxy) is 1. The molecule has 0 amide bonds. The number of benzene rings is 1. The summed E-state index contributed by atoms with van der Waals surface area (Å²) in [4.78, 5) is 4.11. The smallest absolute Gasteiger partial charge is 0.159 e. The Balaban J connectivity index is 2.41. The van der Waals surface area contributed by atoms with Crippen molar-refractivity contribution in [2.75, 3.05) is 7.11 Å². The third-order valence-corrected chi connectivity index (χ3v) is 2.62. The predicted octanol–water partition coefficient (Wildman–Crippen LogP) is 2.42. The molecule has 0 saturated carbocycles. The van der Waals surface area contributed by atoms with Gasteiger partial charge in [-0.1, -0.05) is 6.07 Å². The van der Waals surface area contributed by atoms with E-state index in [1.54, 1.807) is 18.3 Å². The van der Waals surface area contributed by atoms with Crippen LogP contribution in [0.5, 0.6) is 5.75 Å². The fourth-order valence-corrected chi connectivity index (χ4v) is 1.67. The first-order valence-corrected chi connectivity index (χ1v) is 5.33. The van der Waals surface area contributed by atoms with Crippen molar-refractivity contribution in [2.24, 2.45) is 5.73 Å². The van der Waals surface area contributed by atoms with Gasteiger partial charge in [0.1, 0.15) is 11.4 Å². The molecule has 0 aliphatic rings. The number of rotatable bonds is 3. The molecule has 0 aliphatic carbocycles. The van der Waals surface area contributed by atoms with E-state index in [2.05, 4.69) is 4.98 Å². The van der Waals surface area contributed by atoms with Crippen LogP contribution in [-0.2, 0) is 0 Å². The SMILES string of the molecule is COc1cccnc1C(N)c1ccc(F)c(F)c1. The van der Waals surface area contributed by atoms with Gasteiger partial charge in [0.15, 0.2) is 11.6 Å². The zero-order valence-corrected chi connectivity index (χ0v) is 9.73. The molecule has 2 N–H and O–H groups in total. The van der Waals surface area contributed by atoms with E-state index in [0.717, 1.165) is 12.1 Å². The average molecular weight is 250 g/mol. The standard InChI is InChI=1S/C13H12F2N2O/c1-18-11-3-2-6-17-13(11)12(16)8-4-5-9(14)10(15)7-8/h2-7,12H,16H2,1H3. The second-order valence-corrected chi connectivity index (χ2v) is 3.74. The fraction of sp³-hybridized carbons (Fsp3) is 0.154. The van der Waals surface area contributed by atoms with Crippen LogP contribution in [0.1, 0.15) is 17.3 Å². The largest absolute Gasteiger partial charge is 0.495 e. The van der Waals surface area contributed by atoms with Gasteiger partial charge in [-0.2, -0.15) is 0 Å². The van der Waals surface area contributed by atoms with Crippen molar-refractivity contribution in [2.45, 2.75) is 6.04 Å². The molecule has 18 heavy (non-hydrogen) atoms. The number of nitrogens with two attached hydrogens (primary N) is 1. The van der Waals surface area contributed by atoms with E-state index in [1.165, 1.54) is 13.2 Å². The first kappa shape index (κ1) is 12.4. The normalized spacial score (nSPS) is 12.2. The lowest BCUT2D eigenvalue weighted by atomic mass is 10.0. The Morgan fingerprint density at radius 2 is 2.00 bits per heavy atom. The molecule has 0 radical (unpaired) electrons. The number of nitrogens with zero attached hydrogens (tertiary/aromatic N) is 1. The number of pyridine rings is 1. The quantitative estimate of drug-likeness (QED) is 0.910. The number of hydrogen-bond donors (Lipinski definition) is 1. The van der Waals surface area contributed by atoms with Crippen molar-refractivity contribution in [3.63, 3.8) is 0 Å². The maximum atomic E-state index is 13.2. The number of methoxy groups -OCH3 is 1. The summed E-state index contributed by atoms with van der Waals surface area (Å²) in [6.45, 7) is 0. The Hall–Kier alpha value is -2.01. The van der Waals surface area contributed by atoms with Gasteiger partial charge in [0.2, 0.25) is 0 Å². The molecule has 1 aromatic heterocycles. The zero-order valence-electron chi connectivity index (χ0n) is 9.73. The third kappa shape index (κ3) is 2.31. The molecule has 1 atom stereocenters. The van der Waals surface area contributed by atoms with Crippen LogP contribution < -0.4 is 10.5 Å². The zero-order chi connectivity index (χ0) is 13.1. The van der Waals surface area contributed by atoms with Crippen molar-refractivity contribution in [1.82, 2.24) is 4.98 Å². The second-order valence-electron chi connectivity index (χ2n) is 3.74. The third-order valence-electron chi connectivity index (χ3n) is 2.62. The lowest BCUT2D eigenvalue weighted by Gasteiger charge is -2.14. The summed E-state index contributed by atoms with van der Waals surface area (Å²) in [5.41, 5.74) is 6.89. The van der Waals surface area contributed by atoms with Gasteiger partial charge in [-0.3, -0.25) is 4.98 Å². The maximum absolute atomic E-state index is 13.2. The van der Waals surface area contributed by atoms with Crippen molar-refractivity contribution in [3.8, 4) is 5.75 Å².